The van der Waals surface area contributed by atoms with E-state index in [0.29, 0.717) is 18.8 Å². The smallest absolute Gasteiger partial charge is 0.294 e. The fourth-order valence-electron chi connectivity index (χ4n) is 2.11. The van der Waals surface area contributed by atoms with Gasteiger partial charge in [0.2, 0.25) is 0 Å². The molecule has 0 unspecified atom stereocenters. The predicted molar refractivity (Wildman–Crippen MR) is 80.0 cm³/mol. The Bertz CT molecular complexity index is 590. The number of carbonyl (C=O) groups is 1. The van der Waals surface area contributed by atoms with Crippen LogP contribution in [0.4, 0.5) is 5.69 Å². The van der Waals surface area contributed by atoms with Crippen molar-refractivity contribution in [2.45, 2.75) is 20.3 Å². The minimum atomic E-state index is -0.119. The van der Waals surface area contributed by atoms with Crippen molar-refractivity contribution in [3.63, 3.8) is 0 Å². The summed E-state index contributed by atoms with van der Waals surface area (Å²) in [6, 6.07) is 9.67. The van der Waals surface area contributed by atoms with E-state index in [-0.39, 0.29) is 5.91 Å². The zero-order valence-electron chi connectivity index (χ0n) is 11.9. The van der Waals surface area contributed by atoms with Gasteiger partial charge in [-0.1, -0.05) is 12.1 Å². The van der Waals surface area contributed by atoms with E-state index in [2.05, 4.69) is 0 Å². The van der Waals surface area contributed by atoms with Crippen molar-refractivity contribution < 1.29 is 9.21 Å². The fourth-order valence-corrected chi connectivity index (χ4v) is 2.11. The maximum Gasteiger partial charge on any atom is 0.294 e. The van der Waals surface area contributed by atoms with Crippen molar-refractivity contribution in [1.82, 2.24) is 0 Å². The van der Waals surface area contributed by atoms with E-state index in [1.165, 1.54) is 0 Å². The van der Waals surface area contributed by atoms with Crippen molar-refractivity contribution in [3.05, 3.63) is 53.5 Å². The first-order chi connectivity index (χ1) is 9.63. The fraction of sp³-hybridized carbons (Fsp3) is 0.312. The van der Waals surface area contributed by atoms with Gasteiger partial charge in [-0.25, -0.2) is 0 Å². The van der Waals surface area contributed by atoms with Crippen LogP contribution in [-0.2, 0) is 0 Å². The summed E-state index contributed by atoms with van der Waals surface area (Å²) >= 11 is 0. The highest BCUT2D eigenvalue weighted by Gasteiger charge is 2.21. The number of hydrogen-bond acceptors (Lipinski definition) is 3. The summed E-state index contributed by atoms with van der Waals surface area (Å²) < 4.78 is 5.32. The summed E-state index contributed by atoms with van der Waals surface area (Å²) in [6.07, 6.45) is 2.29. The lowest BCUT2D eigenvalue weighted by Crippen LogP contribution is -2.33. The maximum absolute atomic E-state index is 12.6. The third kappa shape index (κ3) is 3.08. The zero-order chi connectivity index (χ0) is 14.5. The summed E-state index contributed by atoms with van der Waals surface area (Å²) in [6.45, 7) is 5.01. The van der Waals surface area contributed by atoms with E-state index >= 15 is 0 Å². The van der Waals surface area contributed by atoms with Gasteiger partial charge in [0, 0.05) is 17.8 Å². The minimum Gasteiger partial charge on any atom is -0.459 e. The average molecular weight is 272 g/mol. The van der Waals surface area contributed by atoms with Crippen molar-refractivity contribution in [3.8, 4) is 0 Å². The minimum absolute atomic E-state index is 0.119. The van der Waals surface area contributed by atoms with Crippen LogP contribution in [-0.4, -0.2) is 19.0 Å². The highest BCUT2D eigenvalue weighted by Crippen LogP contribution is 2.21. The molecule has 2 N–H and O–H groups in total. The molecule has 0 fully saturated rings. The van der Waals surface area contributed by atoms with Gasteiger partial charge < -0.3 is 15.1 Å². The van der Waals surface area contributed by atoms with Gasteiger partial charge >= 0.3 is 0 Å². The number of benzene rings is 1. The molecule has 0 radical (unpaired) electrons. The van der Waals surface area contributed by atoms with E-state index < -0.39 is 0 Å². The Labute approximate surface area is 119 Å². The summed E-state index contributed by atoms with van der Waals surface area (Å²) in [5, 5.41) is 0. The number of rotatable bonds is 5. The summed E-state index contributed by atoms with van der Waals surface area (Å²) in [5.74, 6) is 0.273. The molecule has 0 aliphatic heterocycles. The second-order valence-electron chi connectivity index (χ2n) is 4.87. The van der Waals surface area contributed by atoms with Crippen LogP contribution in [0.5, 0.6) is 0 Å². The van der Waals surface area contributed by atoms with E-state index in [1.807, 2.05) is 38.1 Å². The molecule has 2 aromatic rings. The van der Waals surface area contributed by atoms with Crippen LogP contribution in [0.2, 0.25) is 0 Å². The molecule has 2 rings (SSSR count). The van der Waals surface area contributed by atoms with Gasteiger partial charge in [0.05, 0.1) is 6.26 Å². The molecule has 1 aromatic carbocycles. The quantitative estimate of drug-likeness (QED) is 0.910. The zero-order valence-corrected chi connectivity index (χ0v) is 11.9. The molecule has 1 amide bonds. The third-order valence-electron chi connectivity index (χ3n) is 3.20. The number of carbonyl (C=O) groups excluding carboxylic acids is 1. The standard InChI is InChI=1S/C16H20N2O2/c1-12-5-3-6-14(11-12)18(9-4-8-17)16(19)15-13(2)7-10-20-15/h3,5-7,10-11H,4,8-9,17H2,1-2H3. The molecule has 0 saturated heterocycles. The monoisotopic (exact) mass is 272 g/mol. The molecule has 0 aliphatic carbocycles. The second kappa shape index (κ2) is 6.39. The first-order valence-corrected chi connectivity index (χ1v) is 6.76. The number of nitrogens with two attached hydrogens (primary N) is 1. The van der Waals surface area contributed by atoms with Crippen molar-refractivity contribution in [2.24, 2.45) is 5.73 Å². The van der Waals surface area contributed by atoms with Gasteiger partial charge in [-0.05, 0) is 50.6 Å². The van der Waals surface area contributed by atoms with Crippen LogP contribution in [0.25, 0.3) is 0 Å². The van der Waals surface area contributed by atoms with Crippen LogP contribution in [0.15, 0.2) is 41.0 Å². The highest BCUT2D eigenvalue weighted by molar-refractivity contribution is 6.05. The number of aryl methyl sites for hydroxylation is 2. The third-order valence-corrected chi connectivity index (χ3v) is 3.20. The molecule has 4 nitrogen and oxygen atoms in total. The van der Waals surface area contributed by atoms with Gasteiger partial charge in [-0.2, -0.15) is 0 Å². The average Bonchev–Trinajstić information content (AvgIpc) is 2.85. The van der Waals surface area contributed by atoms with Crippen LogP contribution >= 0.6 is 0 Å². The van der Waals surface area contributed by atoms with Gasteiger partial charge in [-0.15, -0.1) is 0 Å². The molecule has 0 spiro atoms. The Balaban J connectivity index is 2.32. The van der Waals surface area contributed by atoms with Crippen LogP contribution in [0.1, 0.15) is 28.1 Å². The van der Waals surface area contributed by atoms with Gasteiger partial charge in [-0.3, -0.25) is 4.79 Å². The number of nitrogens with zero attached hydrogens (tertiary/aromatic N) is 1. The van der Waals surface area contributed by atoms with Crippen molar-refractivity contribution >= 4 is 11.6 Å². The Morgan fingerprint density at radius 2 is 2.10 bits per heavy atom. The Morgan fingerprint density at radius 3 is 2.70 bits per heavy atom. The van der Waals surface area contributed by atoms with E-state index in [9.17, 15) is 4.79 Å². The van der Waals surface area contributed by atoms with Crippen LogP contribution < -0.4 is 10.6 Å². The predicted octanol–water partition coefficient (Wildman–Crippen LogP) is 2.89. The number of amides is 1. The summed E-state index contributed by atoms with van der Waals surface area (Å²) in [7, 11) is 0. The normalized spacial score (nSPS) is 10.6. The van der Waals surface area contributed by atoms with E-state index in [0.717, 1.165) is 23.2 Å². The molecule has 20 heavy (non-hydrogen) atoms. The number of furan rings is 1. The SMILES string of the molecule is Cc1cccc(N(CCCN)C(=O)c2occc2C)c1. The Kier molecular flexibility index (Phi) is 4.58. The molecule has 1 aromatic heterocycles. The lowest BCUT2D eigenvalue weighted by Gasteiger charge is -2.22. The second-order valence-corrected chi connectivity index (χ2v) is 4.87. The molecule has 0 atom stereocenters. The summed E-state index contributed by atoms with van der Waals surface area (Å²) in [5.41, 5.74) is 8.41. The van der Waals surface area contributed by atoms with Crippen molar-refractivity contribution in [1.29, 1.82) is 0 Å². The first kappa shape index (κ1) is 14.3. The van der Waals surface area contributed by atoms with Gasteiger partial charge in [0.1, 0.15) is 0 Å². The molecular formula is C16H20N2O2. The van der Waals surface area contributed by atoms with Crippen LogP contribution in [0.3, 0.4) is 0 Å². The lowest BCUT2D eigenvalue weighted by molar-refractivity contribution is 0.0959. The maximum atomic E-state index is 12.6. The molecule has 0 bridgehead atoms. The molecule has 106 valence electrons. The highest BCUT2D eigenvalue weighted by atomic mass is 16.3. The molecule has 4 heteroatoms. The van der Waals surface area contributed by atoms with Gasteiger partial charge in [0.25, 0.3) is 5.91 Å². The largest absolute Gasteiger partial charge is 0.459 e. The summed E-state index contributed by atoms with van der Waals surface area (Å²) in [4.78, 5) is 14.4. The molecule has 0 saturated carbocycles. The van der Waals surface area contributed by atoms with Crippen molar-refractivity contribution in [2.75, 3.05) is 18.0 Å². The first-order valence-electron chi connectivity index (χ1n) is 6.76. The number of anilines is 1. The van der Waals surface area contributed by atoms with E-state index in [4.69, 9.17) is 10.2 Å². The lowest BCUT2D eigenvalue weighted by atomic mass is 10.1. The Hall–Kier alpha value is -2.07. The molecule has 0 aliphatic rings. The van der Waals surface area contributed by atoms with E-state index in [1.54, 1.807) is 17.2 Å². The molecular weight excluding hydrogens is 252 g/mol. The Morgan fingerprint density at radius 1 is 1.30 bits per heavy atom. The number of hydrogen-bond donors (Lipinski definition) is 1. The topological polar surface area (TPSA) is 59.5 Å². The molecule has 1 heterocycles. The van der Waals surface area contributed by atoms with Crippen LogP contribution in [0, 0.1) is 13.8 Å². The van der Waals surface area contributed by atoms with Gasteiger partial charge in [0.15, 0.2) is 5.76 Å².